The summed E-state index contributed by atoms with van der Waals surface area (Å²) in [5.41, 5.74) is 0.0877. The number of carbonyl (C=O) groups is 2. The Labute approximate surface area is 139 Å². The highest BCUT2D eigenvalue weighted by atomic mass is 16.5. The molecule has 130 valence electrons. The number of aromatic nitrogens is 2. The van der Waals surface area contributed by atoms with E-state index in [-0.39, 0.29) is 29.7 Å². The number of piperidine rings is 1. The molecule has 3 rings (SSSR count). The molecule has 0 bridgehead atoms. The van der Waals surface area contributed by atoms with Gasteiger partial charge in [-0.2, -0.15) is 0 Å². The first kappa shape index (κ1) is 16.6. The van der Waals surface area contributed by atoms with Gasteiger partial charge in [0.15, 0.2) is 0 Å². The third-order valence-electron chi connectivity index (χ3n) is 4.65. The average Bonchev–Trinajstić information content (AvgIpc) is 2.64. The van der Waals surface area contributed by atoms with Crippen LogP contribution < -0.4 is 5.56 Å². The van der Waals surface area contributed by atoms with Gasteiger partial charge < -0.3 is 19.5 Å². The lowest BCUT2D eigenvalue weighted by Crippen LogP contribution is -2.48. The lowest BCUT2D eigenvalue weighted by atomic mass is 9.94. The molecule has 3 heterocycles. The zero-order chi connectivity index (χ0) is 16.9. The number of morpholine rings is 1. The summed E-state index contributed by atoms with van der Waals surface area (Å²) in [5, 5.41) is 0. The van der Waals surface area contributed by atoms with Crippen molar-refractivity contribution in [2.75, 3.05) is 39.4 Å². The van der Waals surface area contributed by atoms with Crippen LogP contribution in [0.1, 0.15) is 18.4 Å². The van der Waals surface area contributed by atoms with Crippen molar-refractivity contribution in [2.24, 2.45) is 5.92 Å². The van der Waals surface area contributed by atoms with Crippen molar-refractivity contribution in [1.29, 1.82) is 0 Å². The molecule has 2 fully saturated rings. The predicted octanol–water partition coefficient (Wildman–Crippen LogP) is -0.590. The fourth-order valence-corrected chi connectivity index (χ4v) is 3.19. The molecule has 1 aromatic rings. The highest BCUT2D eigenvalue weighted by molar-refractivity contribution is 5.81. The highest BCUT2D eigenvalue weighted by Crippen LogP contribution is 2.20. The molecule has 24 heavy (non-hydrogen) atoms. The number of likely N-dealkylation sites (tertiary alicyclic amines) is 1. The second-order valence-corrected chi connectivity index (χ2v) is 6.18. The fourth-order valence-electron chi connectivity index (χ4n) is 3.19. The Hall–Kier alpha value is -2.22. The SMILES string of the molecule is O=C(Cc1cnc[nH]c1=O)N1CCC(C(=O)N2CCOCC2)CC1. The first-order chi connectivity index (χ1) is 11.6. The third-order valence-corrected chi connectivity index (χ3v) is 4.65. The van der Waals surface area contributed by atoms with E-state index in [0.29, 0.717) is 57.8 Å². The second kappa shape index (κ2) is 7.57. The molecule has 1 aromatic heterocycles. The molecular weight excluding hydrogens is 312 g/mol. The summed E-state index contributed by atoms with van der Waals surface area (Å²) in [5.74, 6) is 0.0637. The standard InChI is InChI=1S/C16H22N4O4/c21-14(9-13-10-17-11-18-15(13)22)19-3-1-12(2-4-19)16(23)20-5-7-24-8-6-20/h10-12H,1-9H2,(H,17,18,22). The smallest absolute Gasteiger partial charge is 0.254 e. The topological polar surface area (TPSA) is 95.6 Å². The molecular formula is C16H22N4O4. The summed E-state index contributed by atoms with van der Waals surface area (Å²) in [4.78, 5) is 46.3. The van der Waals surface area contributed by atoms with Gasteiger partial charge in [0.05, 0.1) is 26.0 Å². The number of ether oxygens (including phenoxy) is 1. The number of hydrogen-bond donors (Lipinski definition) is 1. The number of H-pyrrole nitrogens is 1. The highest BCUT2D eigenvalue weighted by Gasteiger charge is 2.30. The van der Waals surface area contributed by atoms with Gasteiger partial charge in [0.25, 0.3) is 5.56 Å². The van der Waals surface area contributed by atoms with Crippen LogP contribution in [0.25, 0.3) is 0 Å². The van der Waals surface area contributed by atoms with Gasteiger partial charge >= 0.3 is 0 Å². The monoisotopic (exact) mass is 334 g/mol. The van der Waals surface area contributed by atoms with Gasteiger partial charge in [-0.15, -0.1) is 0 Å². The number of carbonyl (C=O) groups excluding carboxylic acids is 2. The average molecular weight is 334 g/mol. The first-order valence-corrected chi connectivity index (χ1v) is 8.31. The van der Waals surface area contributed by atoms with Gasteiger partial charge in [0.1, 0.15) is 0 Å². The molecule has 0 aromatic carbocycles. The lowest BCUT2D eigenvalue weighted by Gasteiger charge is -2.35. The number of amides is 2. The van der Waals surface area contributed by atoms with Crippen molar-refractivity contribution in [3.63, 3.8) is 0 Å². The van der Waals surface area contributed by atoms with Crippen molar-refractivity contribution in [1.82, 2.24) is 19.8 Å². The lowest BCUT2D eigenvalue weighted by molar-refractivity contribution is -0.143. The van der Waals surface area contributed by atoms with Crippen LogP contribution in [0.4, 0.5) is 0 Å². The Morgan fingerprint density at radius 3 is 2.54 bits per heavy atom. The normalized spacial score (nSPS) is 19.3. The van der Waals surface area contributed by atoms with E-state index < -0.39 is 0 Å². The van der Waals surface area contributed by atoms with E-state index >= 15 is 0 Å². The number of rotatable bonds is 3. The van der Waals surface area contributed by atoms with E-state index in [0.717, 1.165) is 0 Å². The Kier molecular flexibility index (Phi) is 5.24. The Morgan fingerprint density at radius 1 is 1.17 bits per heavy atom. The Balaban J connectivity index is 1.51. The van der Waals surface area contributed by atoms with Gasteiger partial charge in [-0.05, 0) is 12.8 Å². The van der Waals surface area contributed by atoms with E-state index in [1.165, 1.54) is 12.5 Å². The maximum Gasteiger partial charge on any atom is 0.254 e. The second-order valence-electron chi connectivity index (χ2n) is 6.18. The fraction of sp³-hybridized carbons (Fsp3) is 0.625. The minimum absolute atomic E-state index is 0.0195. The van der Waals surface area contributed by atoms with Crippen molar-refractivity contribution >= 4 is 11.8 Å². The molecule has 8 heteroatoms. The van der Waals surface area contributed by atoms with E-state index in [4.69, 9.17) is 4.74 Å². The van der Waals surface area contributed by atoms with Crippen molar-refractivity contribution < 1.29 is 14.3 Å². The molecule has 0 unspecified atom stereocenters. The van der Waals surface area contributed by atoms with Gasteiger partial charge in [0.2, 0.25) is 11.8 Å². The zero-order valence-corrected chi connectivity index (χ0v) is 13.6. The van der Waals surface area contributed by atoms with Crippen LogP contribution in [-0.2, 0) is 20.7 Å². The quantitative estimate of drug-likeness (QED) is 0.797. The zero-order valence-electron chi connectivity index (χ0n) is 13.6. The summed E-state index contributed by atoms with van der Waals surface area (Å²) in [7, 11) is 0. The van der Waals surface area contributed by atoms with E-state index in [1.54, 1.807) is 4.90 Å². The molecule has 0 saturated carbocycles. The maximum absolute atomic E-state index is 12.5. The molecule has 2 aliphatic heterocycles. The largest absolute Gasteiger partial charge is 0.378 e. The molecule has 0 spiro atoms. The van der Waals surface area contributed by atoms with Crippen LogP contribution in [0.5, 0.6) is 0 Å². The summed E-state index contributed by atoms with van der Waals surface area (Å²) < 4.78 is 5.27. The molecule has 0 atom stereocenters. The summed E-state index contributed by atoms with van der Waals surface area (Å²) in [6.07, 6.45) is 4.12. The molecule has 2 amide bonds. The number of hydrogen-bond acceptors (Lipinski definition) is 5. The van der Waals surface area contributed by atoms with E-state index in [1.807, 2.05) is 4.90 Å². The Bertz CT molecular complexity index is 645. The number of nitrogens with one attached hydrogen (secondary N) is 1. The van der Waals surface area contributed by atoms with Crippen molar-refractivity contribution in [3.8, 4) is 0 Å². The molecule has 2 aliphatic rings. The molecule has 8 nitrogen and oxygen atoms in total. The first-order valence-electron chi connectivity index (χ1n) is 8.31. The third kappa shape index (κ3) is 3.81. The van der Waals surface area contributed by atoms with Crippen LogP contribution >= 0.6 is 0 Å². The van der Waals surface area contributed by atoms with Crippen LogP contribution in [0.3, 0.4) is 0 Å². The molecule has 0 aliphatic carbocycles. The summed E-state index contributed by atoms with van der Waals surface area (Å²) >= 11 is 0. The minimum atomic E-state index is -0.282. The van der Waals surface area contributed by atoms with Crippen molar-refractivity contribution in [3.05, 3.63) is 28.4 Å². The molecule has 1 N–H and O–H groups in total. The minimum Gasteiger partial charge on any atom is -0.378 e. The van der Waals surface area contributed by atoms with Crippen LogP contribution in [0.2, 0.25) is 0 Å². The van der Waals surface area contributed by atoms with Crippen molar-refractivity contribution in [2.45, 2.75) is 19.3 Å². The van der Waals surface area contributed by atoms with Gasteiger partial charge in [0, 0.05) is 43.9 Å². The maximum atomic E-state index is 12.5. The van der Waals surface area contributed by atoms with Crippen LogP contribution in [-0.4, -0.2) is 71.0 Å². The number of aromatic amines is 1. The summed E-state index contributed by atoms with van der Waals surface area (Å²) in [6.45, 7) is 3.62. The van der Waals surface area contributed by atoms with Crippen LogP contribution in [0.15, 0.2) is 17.3 Å². The van der Waals surface area contributed by atoms with Crippen LogP contribution in [0, 0.1) is 5.92 Å². The molecule has 0 radical (unpaired) electrons. The van der Waals surface area contributed by atoms with E-state index in [9.17, 15) is 14.4 Å². The number of nitrogens with zero attached hydrogens (tertiary/aromatic N) is 3. The van der Waals surface area contributed by atoms with Gasteiger partial charge in [-0.25, -0.2) is 4.98 Å². The summed E-state index contributed by atoms with van der Waals surface area (Å²) in [6, 6.07) is 0. The van der Waals surface area contributed by atoms with E-state index in [2.05, 4.69) is 9.97 Å². The van der Waals surface area contributed by atoms with Gasteiger partial charge in [-0.3, -0.25) is 14.4 Å². The van der Waals surface area contributed by atoms with Gasteiger partial charge in [-0.1, -0.05) is 0 Å². The predicted molar refractivity (Wildman–Crippen MR) is 85.3 cm³/mol. The Morgan fingerprint density at radius 2 is 1.88 bits per heavy atom. The molecule has 2 saturated heterocycles.